The highest BCUT2D eigenvalue weighted by atomic mass is 31.2. The Bertz CT molecular complexity index is 427. The lowest BCUT2D eigenvalue weighted by molar-refractivity contribution is 0.0114. The van der Waals surface area contributed by atoms with E-state index in [0.29, 0.717) is 26.4 Å². The minimum Gasteiger partial charge on any atom is -0.444 e. The predicted molar refractivity (Wildman–Crippen MR) is 92.5 cm³/mol. The van der Waals surface area contributed by atoms with Crippen LogP contribution in [0.3, 0.4) is 0 Å². The third-order valence-electron chi connectivity index (χ3n) is 3.48. The van der Waals surface area contributed by atoms with E-state index in [2.05, 4.69) is 0 Å². The quantitative estimate of drug-likeness (QED) is 0.458. The van der Waals surface area contributed by atoms with E-state index in [1.165, 1.54) is 0 Å². The molecule has 0 aliphatic carbocycles. The van der Waals surface area contributed by atoms with Gasteiger partial charge in [-0.3, -0.25) is 4.57 Å². The maximum absolute atomic E-state index is 12.3. The summed E-state index contributed by atoms with van der Waals surface area (Å²) in [4.78, 5) is 13.9. The smallest absolute Gasteiger partial charge is 0.410 e. The molecule has 1 aliphatic rings. The number of hydrogen-bond acceptors (Lipinski definition) is 6. The van der Waals surface area contributed by atoms with Crippen molar-refractivity contribution >= 4 is 13.7 Å². The molecule has 142 valence electrons. The first kappa shape index (κ1) is 21.4. The first-order valence-electron chi connectivity index (χ1n) is 8.66. The number of hydrogen-bond donors (Lipinski definition) is 0. The summed E-state index contributed by atoms with van der Waals surface area (Å²) in [5.74, 6) is 0. The van der Waals surface area contributed by atoms with Gasteiger partial charge in [0.2, 0.25) is 0 Å². The highest BCUT2D eigenvalue weighted by molar-refractivity contribution is 7.53. The molecule has 0 N–H and O–H groups in total. The summed E-state index contributed by atoms with van der Waals surface area (Å²) in [6, 6.07) is -0.00146. The Morgan fingerprint density at radius 2 is 1.83 bits per heavy atom. The first-order chi connectivity index (χ1) is 11.2. The van der Waals surface area contributed by atoms with Crippen LogP contribution >= 0.6 is 7.60 Å². The van der Waals surface area contributed by atoms with Crippen molar-refractivity contribution < 1.29 is 27.9 Å². The summed E-state index contributed by atoms with van der Waals surface area (Å²) in [6.07, 6.45) is 1.73. The maximum atomic E-state index is 12.3. The van der Waals surface area contributed by atoms with Gasteiger partial charge in [-0.15, -0.1) is 0 Å². The Balaban J connectivity index is 2.40. The molecule has 1 heterocycles. The summed E-state index contributed by atoms with van der Waals surface area (Å²) in [5.41, 5.74) is -0.507. The van der Waals surface area contributed by atoms with Crippen molar-refractivity contribution in [2.75, 3.05) is 39.1 Å². The van der Waals surface area contributed by atoms with Crippen LogP contribution < -0.4 is 0 Å². The standard InChI is InChI=1S/C16H32NO6P/c1-6-21-24(19,22-7-2)12-11-20-13-14-9-8-10-17(14)15(18)23-16(3,4)5/h14H,6-13H2,1-5H3/t14-/m0/s1. The average molecular weight is 365 g/mol. The summed E-state index contributed by atoms with van der Waals surface area (Å²) in [6.45, 7) is 11.2. The minimum absolute atomic E-state index is 0.00146. The number of likely N-dealkylation sites (tertiary alicyclic amines) is 1. The second-order valence-corrected chi connectivity index (χ2v) is 8.90. The lowest BCUT2D eigenvalue weighted by atomic mass is 10.2. The van der Waals surface area contributed by atoms with E-state index < -0.39 is 13.2 Å². The molecule has 1 saturated heterocycles. The Hall–Kier alpha value is -0.620. The second kappa shape index (κ2) is 9.76. The van der Waals surface area contributed by atoms with E-state index in [9.17, 15) is 9.36 Å². The predicted octanol–water partition coefficient (Wildman–Crippen LogP) is 3.67. The zero-order valence-corrected chi connectivity index (χ0v) is 16.5. The van der Waals surface area contributed by atoms with Crippen LogP contribution in [0.2, 0.25) is 0 Å². The van der Waals surface area contributed by atoms with E-state index in [4.69, 9.17) is 18.5 Å². The fourth-order valence-corrected chi connectivity index (χ4v) is 4.00. The molecule has 0 unspecified atom stereocenters. The molecule has 0 aromatic carbocycles. The molecule has 1 atom stereocenters. The molecular formula is C16H32NO6P. The molecular weight excluding hydrogens is 333 g/mol. The molecule has 24 heavy (non-hydrogen) atoms. The van der Waals surface area contributed by atoms with Crippen LogP contribution in [-0.4, -0.2) is 61.8 Å². The van der Waals surface area contributed by atoms with Gasteiger partial charge in [-0.2, -0.15) is 0 Å². The van der Waals surface area contributed by atoms with Crippen LogP contribution in [0.4, 0.5) is 4.79 Å². The van der Waals surface area contributed by atoms with Gasteiger partial charge in [-0.05, 0) is 47.5 Å². The third kappa shape index (κ3) is 7.51. The van der Waals surface area contributed by atoms with Crippen molar-refractivity contribution in [1.82, 2.24) is 4.90 Å². The number of nitrogens with zero attached hydrogens (tertiary/aromatic N) is 1. The Morgan fingerprint density at radius 3 is 2.38 bits per heavy atom. The second-order valence-electron chi connectivity index (χ2n) is 6.71. The Labute approximate surface area is 145 Å². The van der Waals surface area contributed by atoms with Crippen LogP contribution in [0.1, 0.15) is 47.5 Å². The summed E-state index contributed by atoms with van der Waals surface area (Å²) in [5, 5.41) is 0. The van der Waals surface area contributed by atoms with Crippen LogP contribution in [0, 0.1) is 0 Å². The Kier molecular flexibility index (Phi) is 8.71. The zero-order chi connectivity index (χ0) is 18.2. The van der Waals surface area contributed by atoms with Crippen LogP contribution in [0.25, 0.3) is 0 Å². The zero-order valence-electron chi connectivity index (χ0n) is 15.6. The van der Waals surface area contributed by atoms with Crippen molar-refractivity contribution in [3.8, 4) is 0 Å². The Morgan fingerprint density at radius 1 is 1.21 bits per heavy atom. The minimum atomic E-state index is -3.07. The summed E-state index contributed by atoms with van der Waals surface area (Å²) in [7, 11) is -3.07. The van der Waals surface area contributed by atoms with Gasteiger partial charge in [0.15, 0.2) is 0 Å². The lowest BCUT2D eigenvalue weighted by Gasteiger charge is -2.28. The molecule has 0 aromatic heterocycles. The van der Waals surface area contributed by atoms with Gasteiger partial charge in [-0.25, -0.2) is 4.79 Å². The first-order valence-corrected chi connectivity index (χ1v) is 10.4. The molecule has 0 radical (unpaired) electrons. The van der Waals surface area contributed by atoms with Gasteiger partial charge in [0.05, 0.1) is 38.6 Å². The van der Waals surface area contributed by atoms with Crippen LogP contribution in [0.5, 0.6) is 0 Å². The maximum Gasteiger partial charge on any atom is 0.410 e. The van der Waals surface area contributed by atoms with E-state index in [-0.39, 0.29) is 24.9 Å². The van der Waals surface area contributed by atoms with Crippen LogP contribution in [0.15, 0.2) is 0 Å². The molecule has 0 aromatic rings. The summed E-state index contributed by atoms with van der Waals surface area (Å²) < 4.78 is 33.8. The number of rotatable bonds is 9. The SMILES string of the molecule is CCOP(=O)(CCOC[C@@H]1CCCN1C(=O)OC(C)(C)C)OCC. The third-order valence-corrected chi connectivity index (χ3v) is 5.51. The molecule has 7 nitrogen and oxygen atoms in total. The molecule has 1 amide bonds. The molecule has 0 saturated carbocycles. The number of carbonyl (C=O) groups excluding carboxylic acids is 1. The van der Waals surface area contributed by atoms with Crippen LogP contribution in [-0.2, 0) is 23.1 Å². The van der Waals surface area contributed by atoms with Crippen molar-refractivity contribution in [3.63, 3.8) is 0 Å². The van der Waals surface area contributed by atoms with Crippen molar-refractivity contribution in [2.24, 2.45) is 0 Å². The molecule has 8 heteroatoms. The normalized spacial score (nSPS) is 18.9. The van der Waals surface area contributed by atoms with Gasteiger partial charge in [0.25, 0.3) is 0 Å². The molecule has 1 aliphatic heterocycles. The van der Waals surface area contributed by atoms with Crippen molar-refractivity contribution in [3.05, 3.63) is 0 Å². The average Bonchev–Trinajstić information content (AvgIpc) is 2.91. The van der Waals surface area contributed by atoms with Crippen molar-refractivity contribution in [2.45, 2.75) is 59.1 Å². The fourth-order valence-electron chi connectivity index (χ4n) is 2.53. The largest absolute Gasteiger partial charge is 0.444 e. The molecule has 1 fully saturated rings. The monoisotopic (exact) mass is 365 g/mol. The van der Waals surface area contributed by atoms with Gasteiger partial charge in [0, 0.05) is 6.54 Å². The molecule has 0 spiro atoms. The van der Waals surface area contributed by atoms with E-state index in [1.807, 2.05) is 20.8 Å². The van der Waals surface area contributed by atoms with E-state index >= 15 is 0 Å². The molecule has 0 bridgehead atoms. The van der Waals surface area contributed by atoms with Gasteiger partial charge in [0.1, 0.15) is 5.60 Å². The van der Waals surface area contributed by atoms with Crippen molar-refractivity contribution in [1.29, 1.82) is 0 Å². The van der Waals surface area contributed by atoms with Gasteiger partial charge in [-0.1, -0.05) is 0 Å². The van der Waals surface area contributed by atoms with Gasteiger partial charge < -0.3 is 23.4 Å². The van der Waals surface area contributed by atoms with Gasteiger partial charge >= 0.3 is 13.7 Å². The number of amides is 1. The molecule has 1 rings (SSSR count). The van der Waals surface area contributed by atoms with E-state index in [1.54, 1.807) is 18.7 Å². The fraction of sp³-hybridized carbons (Fsp3) is 0.938. The highest BCUT2D eigenvalue weighted by Crippen LogP contribution is 2.47. The lowest BCUT2D eigenvalue weighted by Crippen LogP contribution is -2.41. The topological polar surface area (TPSA) is 74.3 Å². The van der Waals surface area contributed by atoms with E-state index in [0.717, 1.165) is 12.8 Å². The summed E-state index contributed by atoms with van der Waals surface area (Å²) >= 11 is 0. The number of carbonyl (C=O) groups is 1. The highest BCUT2D eigenvalue weighted by Gasteiger charge is 2.32. The number of ether oxygens (including phenoxy) is 2.